The lowest BCUT2D eigenvalue weighted by Gasteiger charge is -2.33. The number of carbonyl (C=O) groups excluding carboxylic acids is 2. The minimum absolute atomic E-state index is 0.0754. The van der Waals surface area contributed by atoms with E-state index in [0.717, 1.165) is 25.9 Å². The van der Waals surface area contributed by atoms with Gasteiger partial charge in [0.15, 0.2) is 6.29 Å². The molecule has 2 fully saturated rings. The van der Waals surface area contributed by atoms with Crippen LogP contribution in [0.3, 0.4) is 0 Å². The van der Waals surface area contributed by atoms with Crippen molar-refractivity contribution in [3.05, 3.63) is 0 Å². The van der Waals surface area contributed by atoms with E-state index in [-0.39, 0.29) is 24.3 Å². The van der Waals surface area contributed by atoms with Gasteiger partial charge in [0.25, 0.3) is 0 Å². The zero-order valence-electron chi connectivity index (χ0n) is 13.7. The molecule has 0 saturated carbocycles. The number of likely N-dealkylation sites (tertiary alicyclic amines) is 1. The predicted molar refractivity (Wildman–Crippen MR) is 81.3 cm³/mol. The van der Waals surface area contributed by atoms with E-state index < -0.39 is 6.03 Å². The molecule has 0 unspecified atom stereocenters. The number of ether oxygens (including phenoxy) is 2. The molecule has 2 aliphatic heterocycles. The second kappa shape index (κ2) is 7.39. The number of imide groups is 1. The first kappa shape index (κ1) is 17.2. The number of urea groups is 1. The Morgan fingerprint density at radius 1 is 1.14 bits per heavy atom. The van der Waals surface area contributed by atoms with Crippen LogP contribution in [-0.2, 0) is 14.3 Å². The number of nitrogens with zero attached hydrogens (tertiary/aromatic N) is 1. The number of amides is 3. The number of piperidine rings is 1. The number of carbonyl (C=O) groups is 2. The Morgan fingerprint density at radius 3 is 2.27 bits per heavy atom. The largest absolute Gasteiger partial charge is 0.350 e. The molecule has 2 saturated heterocycles. The summed E-state index contributed by atoms with van der Waals surface area (Å²) in [6, 6.07) is -0.444. The molecule has 2 rings (SSSR count). The normalized spacial score (nSPS) is 21.8. The lowest BCUT2D eigenvalue weighted by Crippen LogP contribution is -2.51. The molecule has 7 heteroatoms. The van der Waals surface area contributed by atoms with Crippen molar-refractivity contribution in [2.45, 2.75) is 45.4 Å². The summed E-state index contributed by atoms with van der Waals surface area (Å²) >= 11 is 0. The zero-order valence-corrected chi connectivity index (χ0v) is 13.7. The Bertz CT molecular complexity index is 394. The second-order valence-electron chi connectivity index (χ2n) is 6.98. The third kappa shape index (κ3) is 5.55. The van der Waals surface area contributed by atoms with Crippen molar-refractivity contribution in [2.24, 2.45) is 5.92 Å². The van der Waals surface area contributed by atoms with Crippen LogP contribution in [0.15, 0.2) is 0 Å². The first-order valence-electron chi connectivity index (χ1n) is 7.91. The van der Waals surface area contributed by atoms with E-state index >= 15 is 0 Å². The molecule has 7 nitrogen and oxygen atoms in total. The van der Waals surface area contributed by atoms with E-state index in [1.807, 2.05) is 20.8 Å². The van der Waals surface area contributed by atoms with Crippen molar-refractivity contribution < 1.29 is 19.1 Å². The maximum atomic E-state index is 11.9. The fraction of sp³-hybridized carbons (Fsp3) is 0.867. The fourth-order valence-corrected chi connectivity index (χ4v) is 2.77. The van der Waals surface area contributed by atoms with Crippen LogP contribution in [0, 0.1) is 5.92 Å². The Hall–Kier alpha value is -1.18. The molecule has 0 bridgehead atoms. The zero-order chi connectivity index (χ0) is 16.2. The number of hydrogen-bond acceptors (Lipinski definition) is 5. The lowest BCUT2D eigenvalue weighted by atomic mass is 9.96. The van der Waals surface area contributed by atoms with Crippen LogP contribution in [-0.4, -0.2) is 61.5 Å². The van der Waals surface area contributed by atoms with E-state index in [9.17, 15) is 9.59 Å². The van der Waals surface area contributed by atoms with Crippen molar-refractivity contribution in [3.8, 4) is 0 Å². The van der Waals surface area contributed by atoms with Crippen molar-refractivity contribution in [2.75, 3.05) is 32.8 Å². The summed E-state index contributed by atoms with van der Waals surface area (Å²) in [7, 11) is 0. The van der Waals surface area contributed by atoms with Crippen LogP contribution >= 0.6 is 0 Å². The van der Waals surface area contributed by atoms with Gasteiger partial charge in [0, 0.05) is 11.5 Å². The maximum absolute atomic E-state index is 11.9. The summed E-state index contributed by atoms with van der Waals surface area (Å²) in [6.45, 7) is 8.85. The molecule has 0 aromatic rings. The average molecular weight is 313 g/mol. The molecule has 2 heterocycles. The maximum Gasteiger partial charge on any atom is 0.321 e. The molecular formula is C15H27N3O4. The van der Waals surface area contributed by atoms with Crippen molar-refractivity contribution in [3.63, 3.8) is 0 Å². The van der Waals surface area contributed by atoms with Crippen LogP contribution in [0.5, 0.6) is 0 Å². The first-order chi connectivity index (χ1) is 10.3. The topological polar surface area (TPSA) is 79.9 Å². The molecule has 126 valence electrons. The summed E-state index contributed by atoms with van der Waals surface area (Å²) in [5.74, 6) is 0.138. The Morgan fingerprint density at radius 2 is 1.73 bits per heavy atom. The van der Waals surface area contributed by atoms with Gasteiger partial charge in [-0.3, -0.25) is 15.0 Å². The third-order valence-electron chi connectivity index (χ3n) is 3.77. The van der Waals surface area contributed by atoms with Crippen molar-refractivity contribution >= 4 is 11.9 Å². The summed E-state index contributed by atoms with van der Waals surface area (Å²) in [6.07, 6.45) is 1.83. The van der Waals surface area contributed by atoms with Gasteiger partial charge in [-0.2, -0.15) is 0 Å². The van der Waals surface area contributed by atoms with E-state index in [1.165, 1.54) is 0 Å². The van der Waals surface area contributed by atoms with Crippen molar-refractivity contribution in [1.29, 1.82) is 0 Å². The van der Waals surface area contributed by atoms with Gasteiger partial charge in [-0.15, -0.1) is 0 Å². The molecule has 0 aliphatic carbocycles. The molecule has 0 atom stereocenters. The predicted octanol–water partition coefficient (Wildman–Crippen LogP) is 0.696. The highest BCUT2D eigenvalue weighted by Crippen LogP contribution is 2.25. The molecule has 22 heavy (non-hydrogen) atoms. The highest BCUT2D eigenvalue weighted by molar-refractivity contribution is 5.95. The molecular weight excluding hydrogens is 286 g/mol. The number of hydrogen-bond donors (Lipinski definition) is 2. The Balaban J connectivity index is 1.67. The average Bonchev–Trinajstić information content (AvgIpc) is 2.90. The van der Waals surface area contributed by atoms with Crippen LogP contribution in [0.4, 0.5) is 4.79 Å². The van der Waals surface area contributed by atoms with Gasteiger partial charge in [-0.25, -0.2) is 4.79 Å². The van der Waals surface area contributed by atoms with Crippen LogP contribution < -0.4 is 10.6 Å². The first-order valence-corrected chi connectivity index (χ1v) is 7.91. The summed E-state index contributed by atoms with van der Waals surface area (Å²) in [4.78, 5) is 25.6. The minimum atomic E-state index is -0.444. The monoisotopic (exact) mass is 313 g/mol. The van der Waals surface area contributed by atoms with Gasteiger partial charge < -0.3 is 14.8 Å². The van der Waals surface area contributed by atoms with E-state index in [0.29, 0.717) is 19.1 Å². The quantitative estimate of drug-likeness (QED) is 0.801. The minimum Gasteiger partial charge on any atom is -0.350 e. The van der Waals surface area contributed by atoms with Gasteiger partial charge in [0.05, 0.1) is 19.8 Å². The fourth-order valence-electron chi connectivity index (χ4n) is 2.77. The molecule has 2 aliphatic rings. The summed E-state index contributed by atoms with van der Waals surface area (Å²) in [5.41, 5.74) is -0.357. The van der Waals surface area contributed by atoms with Gasteiger partial charge in [0.2, 0.25) is 5.91 Å². The molecule has 0 radical (unpaired) electrons. The highest BCUT2D eigenvalue weighted by Gasteiger charge is 2.31. The van der Waals surface area contributed by atoms with E-state index in [4.69, 9.17) is 9.47 Å². The van der Waals surface area contributed by atoms with Gasteiger partial charge >= 0.3 is 6.03 Å². The molecule has 0 aromatic carbocycles. The van der Waals surface area contributed by atoms with Gasteiger partial charge in [-0.1, -0.05) is 0 Å². The van der Waals surface area contributed by atoms with Crippen LogP contribution in [0.1, 0.15) is 33.6 Å². The highest BCUT2D eigenvalue weighted by atomic mass is 16.7. The summed E-state index contributed by atoms with van der Waals surface area (Å²) in [5, 5.41) is 5.08. The standard InChI is InChI=1S/C15H27N3O4/c1-15(2,3)17-14(20)16-12(19)10-18-6-4-11(5-7-18)13-21-8-9-22-13/h11,13H,4-10H2,1-3H3,(H2,16,17,19,20). The second-order valence-corrected chi connectivity index (χ2v) is 6.98. The third-order valence-corrected chi connectivity index (χ3v) is 3.77. The Kier molecular flexibility index (Phi) is 5.77. The SMILES string of the molecule is CC(C)(C)NC(=O)NC(=O)CN1CCC(C2OCCO2)CC1. The molecule has 2 N–H and O–H groups in total. The molecule has 0 aromatic heterocycles. The van der Waals surface area contributed by atoms with E-state index in [1.54, 1.807) is 0 Å². The van der Waals surface area contributed by atoms with Crippen LogP contribution in [0.25, 0.3) is 0 Å². The van der Waals surface area contributed by atoms with Gasteiger partial charge in [0.1, 0.15) is 0 Å². The Labute approximate surface area is 131 Å². The van der Waals surface area contributed by atoms with E-state index in [2.05, 4.69) is 15.5 Å². The smallest absolute Gasteiger partial charge is 0.321 e. The molecule has 3 amide bonds. The number of nitrogens with one attached hydrogen (secondary N) is 2. The molecule has 0 spiro atoms. The number of rotatable bonds is 3. The van der Waals surface area contributed by atoms with Gasteiger partial charge in [-0.05, 0) is 46.7 Å². The summed E-state index contributed by atoms with van der Waals surface area (Å²) < 4.78 is 11.1. The van der Waals surface area contributed by atoms with Crippen LogP contribution in [0.2, 0.25) is 0 Å². The van der Waals surface area contributed by atoms with Crippen molar-refractivity contribution in [1.82, 2.24) is 15.5 Å². The lowest BCUT2D eigenvalue weighted by molar-refractivity contribution is -0.122.